The molecule has 1 heterocycles. The van der Waals surface area contributed by atoms with Crippen molar-refractivity contribution in [2.75, 3.05) is 5.32 Å². The van der Waals surface area contributed by atoms with Gasteiger partial charge in [-0.2, -0.15) is 31.4 Å². The molecule has 1 N–H and O–H groups in total. The van der Waals surface area contributed by atoms with Crippen LogP contribution in [0.1, 0.15) is 16.8 Å². The maximum absolute atomic E-state index is 13.5. The number of nitrogens with zero attached hydrogens (tertiary/aromatic N) is 2. The molecule has 13 heteroatoms. The summed E-state index contributed by atoms with van der Waals surface area (Å²) in [4.78, 5) is 12.0. The number of aromatic nitrogens is 2. The normalized spacial score (nSPS) is 11.9. The second-order valence-corrected chi connectivity index (χ2v) is 7.03. The second-order valence-electron chi connectivity index (χ2n) is 6.59. The molecule has 1 aromatic heterocycles. The zero-order chi connectivity index (χ0) is 24.4. The molecule has 1 amide bonds. The molecule has 0 aliphatic rings. The maximum Gasteiger partial charge on any atom is 0.435 e. The number of hydrogen-bond donors (Lipinski definition) is 1. The number of carbonyl (C=O) groups excluding carboxylic acids is 1. The van der Waals surface area contributed by atoms with Crippen LogP contribution in [0.5, 0.6) is 11.6 Å². The van der Waals surface area contributed by atoms with Gasteiger partial charge in [-0.05, 0) is 42.5 Å². The van der Waals surface area contributed by atoms with Crippen LogP contribution in [0.25, 0.3) is 0 Å². The summed E-state index contributed by atoms with van der Waals surface area (Å²) in [5.74, 6) is -0.922. The van der Waals surface area contributed by atoms with Crippen molar-refractivity contribution in [3.05, 3.63) is 70.4 Å². The van der Waals surface area contributed by atoms with Gasteiger partial charge < -0.3 is 9.47 Å². The summed E-state index contributed by atoms with van der Waals surface area (Å²) in [6, 6.07) is 9.40. The summed E-state index contributed by atoms with van der Waals surface area (Å²) < 4.78 is 90.1. The van der Waals surface area contributed by atoms with E-state index in [0.717, 1.165) is 25.2 Å². The lowest BCUT2D eigenvalue weighted by Gasteiger charge is -2.13. The number of aryl methyl sites for hydroxylation is 1. The molecule has 3 rings (SSSR count). The highest BCUT2D eigenvalue weighted by atomic mass is 35.5. The van der Waals surface area contributed by atoms with Gasteiger partial charge >= 0.3 is 18.4 Å². The third-order valence-corrected chi connectivity index (χ3v) is 4.42. The maximum atomic E-state index is 13.5. The molecule has 3 aromatic rings. The number of amides is 1. The number of nitrogens with one attached hydrogen (secondary N) is 1. The Balaban J connectivity index is 1.85. The van der Waals surface area contributed by atoms with Gasteiger partial charge in [0, 0.05) is 17.8 Å². The minimum Gasteiger partial charge on any atom is -0.444 e. The molecule has 0 saturated heterocycles. The van der Waals surface area contributed by atoms with Gasteiger partial charge in [0.05, 0.1) is 11.1 Å². The van der Waals surface area contributed by atoms with Gasteiger partial charge in [-0.25, -0.2) is 9.48 Å². The molecule has 0 unspecified atom stereocenters. The fourth-order valence-electron chi connectivity index (χ4n) is 2.71. The molecule has 0 saturated carbocycles. The molecule has 0 aliphatic heterocycles. The van der Waals surface area contributed by atoms with E-state index in [1.807, 2.05) is 0 Å². The molecule has 33 heavy (non-hydrogen) atoms. The molecule has 0 aliphatic carbocycles. The quantitative estimate of drug-likeness (QED) is 0.404. The van der Waals surface area contributed by atoms with Crippen LogP contribution < -0.4 is 10.1 Å². The van der Waals surface area contributed by atoms with Crippen LogP contribution >= 0.6 is 11.6 Å². The topological polar surface area (TPSA) is 65.4 Å². The number of halogens is 7. The third-order valence-electron chi connectivity index (χ3n) is 4.17. The van der Waals surface area contributed by atoms with Gasteiger partial charge in [-0.1, -0.05) is 17.7 Å². The van der Waals surface area contributed by atoms with Gasteiger partial charge in [0.1, 0.15) is 12.4 Å². The number of anilines is 1. The number of ether oxygens (including phenoxy) is 2. The van der Waals surface area contributed by atoms with E-state index in [0.29, 0.717) is 15.8 Å². The number of benzene rings is 2. The summed E-state index contributed by atoms with van der Waals surface area (Å²) in [5, 5.41) is 6.04. The van der Waals surface area contributed by atoms with E-state index in [4.69, 9.17) is 21.1 Å². The zero-order valence-electron chi connectivity index (χ0n) is 16.6. The van der Waals surface area contributed by atoms with Gasteiger partial charge in [-0.3, -0.25) is 5.32 Å². The highest BCUT2D eigenvalue weighted by molar-refractivity contribution is 6.30. The Morgan fingerprint density at radius 3 is 2.33 bits per heavy atom. The largest absolute Gasteiger partial charge is 0.444 e. The van der Waals surface area contributed by atoms with Gasteiger partial charge in [0.15, 0.2) is 5.69 Å². The van der Waals surface area contributed by atoms with E-state index in [-0.39, 0.29) is 11.4 Å². The summed E-state index contributed by atoms with van der Waals surface area (Å²) in [5.41, 5.74) is -2.87. The van der Waals surface area contributed by atoms with Crippen molar-refractivity contribution < 1.29 is 40.6 Å². The Kier molecular flexibility index (Phi) is 6.77. The average molecular weight is 494 g/mol. The number of hydrogen-bond acceptors (Lipinski definition) is 4. The second kappa shape index (κ2) is 9.22. The first-order valence-corrected chi connectivity index (χ1v) is 9.40. The highest BCUT2D eigenvalue weighted by Gasteiger charge is 2.40. The molecule has 0 fully saturated rings. The van der Waals surface area contributed by atoms with Crippen molar-refractivity contribution in [1.82, 2.24) is 9.78 Å². The van der Waals surface area contributed by atoms with E-state index in [2.05, 4.69) is 10.4 Å². The van der Waals surface area contributed by atoms with Crippen LogP contribution in [0.4, 0.5) is 36.8 Å². The summed E-state index contributed by atoms with van der Waals surface area (Å²) >= 11 is 5.73. The first-order chi connectivity index (χ1) is 15.3. The summed E-state index contributed by atoms with van der Waals surface area (Å²) in [6.07, 6.45) is -10.7. The van der Waals surface area contributed by atoms with Gasteiger partial charge in [0.2, 0.25) is 5.88 Å². The molecule has 0 bridgehead atoms. The predicted molar refractivity (Wildman–Crippen MR) is 105 cm³/mol. The lowest BCUT2D eigenvalue weighted by Crippen LogP contribution is -2.16. The fourth-order valence-corrected chi connectivity index (χ4v) is 2.84. The Hall–Kier alpha value is -3.41. The molecule has 6 nitrogen and oxygen atoms in total. The zero-order valence-corrected chi connectivity index (χ0v) is 17.3. The van der Waals surface area contributed by atoms with Crippen LogP contribution in [-0.4, -0.2) is 15.9 Å². The van der Waals surface area contributed by atoms with E-state index in [1.54, 1.807) is 0 Å². The van der Waals surface area contributed by atoms with Crippen LogP contribution in [0.2, 0.25) is 5.02 Å². The van der Waals surface area contributed by atoms with Crippen molar-refractivity contribution >= 4 is 23.4 Å². The van der Waals surface area contributed by atoms with Crippen molar-refractivity contribution in [3.8, 4) is 11.6 Å². The van der Waals surface area contributed by atoms with Crippen molar-refractivity contribution in [2.24, 2.45) is 7.05 Å². The lowest BCUT2D eigenvalue weighted by molar-refractivity contribution is -0.142. The Morgan fingerprint density at radius 2 is 1.73 bits per heavy atom. The Morgan fingerprint density at radius 1 is 1.06 bits per heavy atom. The third kappa shape index (κ3) is 6.09. The van der Waals surface area contributed by atoms with Crippen LogP contribution in [-0.2, 0) is 30.7 Å². The van der Waals surface area contributed by atoms with Crippen molar-refractivity contribution in [3.63, 3.8) is 0 Å². The van der Waals surface area contributed by atoms with E-state index in [1.165, 1.54) is 24.3 Å². The van der Waals surface area contributed by atoms with Crippen LogP contribution in [0, 0.1) is 0 Å². The van der Waals surface area contributed by atoms with E-state index in [9.17, 15) is 31.1 Å². The predicted octanol–water partition coefficient (Wildman–Crippen LogP) is 6.65. The first-order valence-electron chi connectivity index (χ1n) is 9.02. The van der Waals surface area contributed by atoms with E-state index >= 15 is 0 Å². The molecular formula is C20H14ClF6N3O3. The molecule has 2 aromatic carbocycles. The minimum atomic E-state index is -4.95. The lowest BCUT2D eigenvalue weighted by atomic mass is 10.2. The average Bonchev–Trinajstić information content (AvgIpc) is 3.04. The molecule has 0 atom stereocenters. The van der Waals surface area contributed by atoms with Crippen LogP contribution in [0.3, 0.4) is 0 Å². The molecule has 176 valence electrons. The van der Waals surface area contributed by atoms with Crippen molar-refractivity contribution in [2.45, 2.75) is 19.0 Å². The molecule has 0 radical (unpaired) electrons. The fraction of sp³-hybridized carbons (Fsp3) is 0.200. The molecular weight excluding hydrogens is 480 g/mol. The highest BCUT2D eigenvalue weighted by Crippen LogP contribution is 2.38. The Labute approximate surface area is 187 Å². The summed E-state index contributed by atoms with van der Waals surface area (Å²) in [7, 11) is 1.11. The van der Waals surface area contributed by atoms with Crippen molar-refractivity contribution in [1.29, 1.82) is 0 Å². The standard InChI is InChI=1S/C20H14ClF6N3O3/c1-30-17(33-14-4-2-3-11(9-14)19(22,23)24)15(16(29-30)20(25,26)27)10-32-18(31)28-13-7-5-12(21)6-8-13/h2-9H,10H2,1H3,(H,28,31). The minimum absolute atomic E-state index is 0.270. The first kappa shape index (κ1) is 24.2. The summed E-state index contributed by atoms with van der Waals surface area (Å²) in [6.45, 7) is -0.920. The van der Waals surface area contributed by atoms with Gasteiger partial charge in [0.25, 0.3) is 0 Å². The van der Waals surface area contributed by atoms with E-state index < -0.39 is 47.8 Å². The smallest absolute Gasteiger partial charge is 0.435 e. The van der Waals surface area contributed by atoms with Crippen LogP contribution in [0.15, 0.2) is 48.5 Å². The monoisotopic (exact) mass is 493 g/mol. The number of carbonyl (C=O) groups is 1. The SMILES string of the molecule is Cn1nc(C(F)(F)F)c(COC(=O)Nc2ccc(Cl)cc2)c1Oc1cccc(C(F)(F)F)c1. The Bertz CT molecular complexity index is 1140. The van der Waals surface area contributed by atoms with Gasteiger partial charge in [-0.15, -0.1) is 0 Å². The number of rotatable bonds is 5. The number of alkyl halides is 6. The molecule has 0 spiro atoms.